The zero-order chi connectivity index (χ0) is 15.4. The number of nitrogens with zero attached hydrogens (tertiary/aromatic N) is 2. The maximum atomic E-state index is 12.3. The Kier molecular flexibility index (Phi) is 4.26. The molecule has 1 aliphatic heterocycles. The summed E-state index contributed by atoms with van der Waals surface area (Å²) in [5.41, 5.74) is 1.90. The molecule has 0 fully saturated rings. The van der Waals surface area contributed by atoms with Crippen LogP contribution in [0.3, 0.4) is 0 Å². The Balaban J connectivity index is 1.64. The molecule has 6 heteroatoms. The molecule has 3 rings (SSSR count). The fourth-order valence-electron chi connectivity index (χ4n) is 2.40. The maximum Gasteiger partial charge on any atom is 0.322 e. The van der Waals surface area contributed by atoms with Crippen LogP contribution in [0.15, 0.2) is 35.7 Å². The van der Waals surface area contributed by atoms with Gasteiger partial charge in [-0.1, -0.05) is 6.07 Å². The Hall–Kier alpha value is -2.52. The van der Waals surface area contributed by atoms with Crippen molar-refractivity contribution in [1.82, 2.24) is 4.90 Å². The van der Waals surface area contributed by atoms with Gasteiger partial charge < -0.3 is 15.0 Å². The van der Waals surface area contributed by atoms with Gasteiger partial charge in [0, 0.05) is 29.7 Å². The van der Waals surface area contributed by atoms with Crippen LogP contribution in [0.4, 0.5) is 10.5 Å². The third-order valence-corrected chi connectivity index (χ3v) is 4.51. The molecule has 1 aromatic heterocycles. The van der Waals surface area contributed by atoms with Crippen LogP contribution in [0.5, 0.6) is 5.75 Å². The zero-order valence-electron chi connectivity index (χ0n) is 11.9. The number of nitrogens with one attached hydrogen (secondary N) is 1. The molecule has 112 valence electrons. The molecule has 0 unspecified atom stereocenters. The van der Waals surface area contributed by atoms with Crippen LogP contribution in [-0.4, -0.2) is 24.1 Å². The van der Waals surface area contributed by atoms with Gasteiger partial charge in [-0.2, -0.15) is 5.26 Å². The first kappa shape index (κ1) is 14.4. The third-order valence-electron chi connectivity index (χ3n) is 3.48. The van der Waals surface area contributed by atoms with Crippen LogP contribution in [0, 0.1) is 11.3 Å². The highest BCUT2D eigenvalue weighted by molar-refractivity contribution is 7.10. The lowest BCUT2D eigenvalue weighted by Gasteiger charge is -2.27. The van der Waals surface area contributed by atoms with Gasteiger partial charge in [-0.15, -0.1) is 11.3 Å². The summed E-state index contributed by atoms with van der Waals surface area (Å²) in [6, 6.07) is 10.9. The largest absolute Gasteiger partial charge is 0.479 e. The normalized spacial score (nSPS) is 13.1. The Bertz CT molecular complexity index is 720. The molecule has 0 radical (unpaired) electrons. The van der Waals surface area contributed by atoms with E-state index >= 15 is 0 Å². The molecule has 0 saturated carbocycles. The molecule has 2 aromatic rings. The second-order valence-corrected chi connectivity index (χ2v) is 5.95. The van der Waals surface area contributed by atoms with E-state index in [9.17, 15) is 4.79 Å². The summed E-state index contributed by atoms with van der Waals surface area (Å²) in [5, 5.41) is 13.5. The monoisotopic (exact) mass is 313 g/mol. The van der Waals surface area contributed by atoms with E-state index in [-0.39, 0.29) is 12.6 Å². The van der Waals surface area contributed by atoms with Crippen molar-refractivity contribution in [3.63, 3.8) is 0 Å². The number of urea groups is 1. The van der Waals surface area contributed by atoms with E-state index in [2.05, 4.69) is 16.8 Å². The summed E-state index contributed by atoms with van der Waals surface area (Å²) in [6.45, 7) is 1.36. The zero-order valence-corrected chi connectivity index (χ0v) is 12.7. The predicted octanol–water partition coefficient (Wildman–Crippen LogP) is 3.24. The molecule has 0 atom stereocenters. The first-order valence-electron chi connectivity index (χ1n) is 6.97. The Morgan fingerprint density at radius 2 is 2.36 bits per heavy atom. The van der Waals surface area contributed by atoms with Gasteiger partial charge in [0.25, 0.3) is 0 Å². The first-order valence-corrected chi connectivity index (χ1v) is 7.85. The van der Waals surface area contributed by atoms with E-state index in [4.69, 9.17) is 10.00 Å². The number of hydrogen-bond acceptors (Lipinski definition) is 4. The van der Waals surface area contributed by atoms with Crippen molar-refractivity contribution in [2.24, 2.45) is 0 Å². The van der Waals surface area contributed by atoms with Crippen LogP contribution in [0.1, 0.15) is 10.4 Å². The molecule has 0 bridgehead atoms. The van der Waals surface area contributed by atoms with E-state index in [1.54, 1.807) is 40.5 Å². The van der Waals surface area contributed by atoms with E-state index in [0.29, 0.717) is 18.0 Å². The van der Waals surface area contributed by atoms with E-state index in [1.807, 2.05) is 6.07 Å². The second-order valence-electron chi connectivity index (χ2n) is 4.95. The molecule has 1 N–H and O–H groups in total. The summed E-state index contributed by atoms with van der Waals surface area (Å²) >= 11 is 1.75. The highest BCUT2D eigenvalue weighted by Gasteiger charge is 2.21. The molecular weight excluding hydrogens is 298 g/mol. The average Bonchev–Trinajstić information content (AvgIpc) is 3.00. The van der Waals surface area contributed by atoms with Crippen molar-refractivity contribution in [2.45, 2.75) is 13.0 Å². The van der Waals surface area contributed by atoms with Gasteiger partial charge >= 0.3 is 6.03 Å². The fraction of sp³-hybridized carbons (Fsp3) is 0.250. The smallest absolute Gasteiger partial charge is 0.322 e. The summed E-state index contributed by atoms with van der Waals surface area (Å²) in [6.07, 6.45) is 0.908. The molecular formula is C16H15N3O2S. The Morgan fingerprint density at radius 1 is 1.45 bits per heavy atom. The molecule has 2 amide bonds. The number of nitriles is 1. The van der Waals surface area contributed by atoms with Crippen LogP contribution in [-0.2, 0) is 13.0 Å². The van der Waals surface area contributed by atoms with Crippen molar-refractivity contribution in [3.8, 4) is 11.8 Å². The van der Waals surface area contributed by atoms with Crippen molar-refractivity contribution >= 4 is 23.1 Å². The lowest BCUT2D eigenvalue weighted by atomic mass is 10.1. The van der Waals surface area contributed by atoms with Crippen LogP contribution >= 0.6 is 11.3 Å². The van der Waals surface area contributed by atoms with E-state index < -0.39 is 0 Å². The van der Waals surface area contributed by atoms with E-state index in [0.717, 1.165) is 13.0 Å². The number of anilines is 1. The number of carbonyl (C=O) groups is 1. The number of hydrogen-bond donors (Lipinski definition) is 1. The SMILES string of the molecule is N#CCOc1cccc(NC(=O)N2CCc3sccc3C2)c1. The molecule has 0 spiro atoms. The minimum absolute atomic E-state index is 0.00947. The third kappa shape index (κ3) is 3.21. The molecule has 5 nitrogen and oxygen atoms in total. The van der Waals surface area contributed by atoms with Gasteiger partial charge in [-0.25, -0.2) is 4.79 Å². The molecule has 1 aliphatic rings. The van der Waals surface area contributed by atoms with Crippen molar-refractivity contribution in [2.75, 3.05) is 18.5 Å². The minimum atomic E-state index is -0.116. The van der Waals surface area contributed by atoms with Gasteiger partial charge in [0.15, 0.2) is 6.61 Å². The van der Waals surface area contributed by atoms with Crippen LogP contribution in [0.25, 0.3) is 0 Å². The van der Waals surface area contributed by atoms with Gasteiger partial charge in [-0.05, 0) is 35.6 Å². The number of fused-ring (bicyclic) bond motifs is 1. The summed E-state index contributed by atoms with van der Waals surface area (Å²) < 4.78 is 5.23. The molecule has 0 aliphatic carbocycles. The van der Waals surface area contributed by atoms with Crippen molar-refractivity contribution in [3.05, 3.63) is 46.2 Å². The van der Waals surface area contributed by atoms with Crippen molar-refractivity contribution < 1.29 is 9.53 Å². The number of amides is 2. The molecule has 0 saturated heterocycles. The number of rotatable bonds is 3. The van der Waals surface area contributed by atoms with Gasteiger partial charge in [0.05, 0.1) is 0 Å². The van der Waals surface area contributed by atoms with Crippen molar-refractivity contribution in [1.29, 1.82) is 5.26 Å². The molecule has 22 heavy (non-hydrogen) atoms. The van der Waals surface area contributed by atoms with Crippen LogP contribution < -0.4 is 10.1 Å². The summed E-state index contributed by atoms with van der Waals surface area (Å²) in [7, 11) is 0. The minimum Gasteiger partial charge on any atom is -0.479 e. The highest BCUT2D eigenvalue weighted by Crippen LogP contribution is 2.25. The number of ether oxygens (including phenoxy) is 1. The maximum absolute atomic E-state index is 12.3. The van der Waals surface area contributed by atoms with Crippen LogP contribution in [0.2, 0.25) is 0 Å². The molecule has 1 aromatic carbocycles. The quantitative estimate of drug-likeness (QED) is 0.946. The molecule has 2 heterocycles. The predicted molar refractivity (Wildman–Crippen MR) is 85.0 cm³/mol. The summed E-state index contributed by atoms with van der Waals surface area (Å²) in [5.74, 6) is 0.568. The average molecular weight is 313 g/mol. The van der Waals surface area contributed by atoms with E-state index in [1.165, 1.54) is 10.4 Å². The first-order chi connectivity index (χ1) is 10.8. The number of carbonyl (C=O) groups excluding carboxylic acids is 1. The van der Waals surface area contributed by atoms with Gasteiger partial charge in [0.1, 0.15) is 11.8 Å². The summed E-state index contributed by atoms with van der Waals surface area (Å²) in [4.78, 5) is 15.5. The second kappa shape index (κ2) is 6.50. The standard InChI is InChI=1S/C16H15N3O2S/c17-6-8-21-14-3-1-2-13(10-14)18-16(20)19-7-4-15-12(11-19)5-9-22-15/h1-3,5,9-10H,4,7-8,11H2,(H,18,20). The fourth-order valence-corrected chi connectivity index (χ4v) is 3.29. The Morgan fingerprint density at radius 3 is 3.23 bits per heavy atom. The van der Waals surface area contributed by atoms with Gasteiger partial charge in [-0.3, -0.25) is 0 Å². The number of thiophene rings is 1. The topological polar surface area (TPSA) is 65.4 Å². The number of benzene rings is 1. The lowest BCUT2D eigenvalue weighted by Crippen LogP contribution is -2.38. The Labute approximate surface area is 132 Å². The lowest BCUT2D eigenvalue weighted by molar-refractivity contribution is 0.207. The van der Waals surface area contributed by atoms with Gasteiger partial charge in [0.2, 0.25) is 0 Å². The highest BCUT2D eigenvalue weighted by atomic mass is 32.1.